The lowest BCUT2D eigenvalue weighted by Gasteiger charge is -2.53. The van der Waals surface area contributed by atoms with Crippen LogP contribution in [0, 0.1) is 23.7 Å². The van der Waals surface area contributed by atoms with Gasteiger partial charge in [0.25, 0.3) is 0 Å². The Kier molecular flexibility index (Phi) is 2.79. The van der Waals surface area contributed by atoms with E-state index in [0.717, 1.165) is 29.5 Å². The van der Waals surface area contributed by atoms with Gasteiger partial charge in [-0.15, -0.1) is 0 Å². The number of nitrogens with zero attached hydrogens (tertiary/aromatic N) is 2. The highest BCUT2D eigenvalue weighted by Gasteiger charge is 2.49. The molecule has 0 atom stereocenters. The molecular weight excluding hydrogens is 252 g/mol. The fourth-order valence-electron chi connectivity index (χ4n) is 5.15. The second-order valence-corrected chi connectivity index (χ2v) is 6.98. The molecule has 0 amide bonds. The highest BCUT2D eigenvalue weighted by atomic mass is 16.4. The number of carbonyl (C=O) groups is 1. The molecule has 0 unspecified atom stereocenters. The van der Waals surface area contributed by atoms with E-state index in [2.05, 4.69) is 9.97 Å². The van der Waals surface area contributed by atoms with Crippen molar-refractivity contribution in [1.29, 1.82) is 0 Å². The summed E-state index contributed by atoms with van der Waals surface area (Å²) in [4.78, 5) is 19.7. The van der Waals surface area contributed by atoms with E-state index in [1.54, 1.807) is 12.4 Å². The number of hydrogen-bond acceptors (Lipinski definition) is 3. The highest BCUT2D eigenvalue weighted by Crippen LogP contribution is 2.59. The Hall–Kier alpha value is -1.45. The molecule has 4 aliphatic carbocycles. The summed E-state index contributed by atoms with van der Waals surface area (Å²) in [5.41, 5.74) is 0.699. The van der Waals surface area contributed by atoms with Crippen LogP contribution in [0.5, 0.6) is 0 Å². The van der Waals surface area contributed by atoms with E-state index in [0.29, 0.717) is 11.5 Å². The molecule has 4 fully saturated rings. The lowest BCUT2D eigenvalue weighted by Crippen LogP contribution is -2.44. The van der Waals surface area contributed by atoms with Gasteiger partial charge in [-0.25, -0.2) is 9.97 Å². The zero-order valence-electron chi connectivity index (χ0n) is 11.5. The standard InChI is InChI=1S/C16H20N2O2/c19-14(20)6-11-7-17-16(18-8-11)15-12-2-9-1-10(4-12)5-13(15)3-9/h7-10,12-13,15H,1-6H2,(H,19,20). The third-order valence-corrected chi connectivity index (χ3v) is 5.61. The van der Waals surface area contributed by atoms with Crippen LogP contribution in [0.1, 0.15) is 49.4 Å². The molecular formula is C16H20N2O2. The summed E-state index contributed by atoms with van der Waals surface area (Å²) in [7, 11) is 0. The lowest BCUT2D eigenvalue weighted by atomic mass is 9.51. The SMILES string of the molecule is O=C(O)Cc1cnc(C2C3CC4CC(C3)CC2C4)nc1. The fourth-order valence-corrected chi connectivity index (χ4v) is 5.15. The van der Waals surface area contributed by atoms with Crippen molar-refractivity contribution in [2.24, 2.45) is 23.7 Å². The number of carboxylic acids is 1. The molecule has 0 spiro atoms. The zero-order chi connectivity index (χ0) is 13.7. The summed E-state index contributed by atoms with van der Waals surface area (Å²) in [6.07, 6.45) is 10.3. The third kappa shape index (κ3) is 2.02. The average molecular weight is 272 g/mol. The van der Waals surface area contributed by atoms with Crippen molar-refractivity contribution in [3.63, 3.8) is 0 Å². The maximum Gasteiger partial charge on any atom is 0.307 e. The topological polar surface area (TPSA) is 63.1 Å². The van der Waals surface area contributed by atoms with E-state index in [1.807, 2.05) is 0 Å². The molecule has 1 aromatic rings. The van der Waals surface area contributed by atoms with Crippen molar-refractivity contribution in [3.8, 4) is 0 Å². The summed E-state index contributed by atoms with van der Waals surface area (Å²) in [6.45, 7) is 0. The monoisotopic (exact) mass is 272 g/mol. The van der Waals surface area contributed by atoms with Gasteiger partial charge in [-0.3, -0.25) is 4.79 Å². The van der Waals surface area contributed by atoms with Crippen molar-refractivity contribution in [2.75, 3.05) is 0 Å². The smallest absolute Gasteiger partial charge is 0.307 e. The molecule has 5 rings (SSSR count). The fraction of sp³-hybridized carbons (Fsp3) is 0.688. The Morgan fingerprint density at radius 2 is 1.60 bits per heavy atom. The van der Waals surface area contributed by atoms with Gasteiger partial charge < -0.3 is 5.11 Å². The molecule has 0 aliphatic heterocycles. The van der Waals surface area contributed by atoms with Crippen LogP contribution in [0.3, 0.4) is 0 Å². The molecule has 20 heavy (non-hydrogen) atoms. The Bertz CT molecular complexity index is 498. The zero-order valence-corrected chi connectivity index (χ0v) is 11.5. The second kappa shape index (κ2) is 4.54. The van der Waals surface area contributed by atoms with E-state index < -0.39 is 5.97 Å². The number of aliphatic carboxylic acids is 1. The Labute approximate surface area is 118 Å². The van der Waals surface area contributed by atoms with Gasteiger partial charge in [0.05, 0.1) is 6.42 Å². The van der Waals surface area contributed by atoms with E-state index >= 15 is 0 Å². The largest absolute Gasteiger partial charge is 0.481 e. The van der Waals surface area contributed by atoms with Crippen molar-refractivity contribution >= 4 is 5.97 Å². The second-order valence-electron chi connectivity index (χ2n) is 6.98. The molecule has 4 nitrogen and oxygen atoms in total. The van der Waals surface area contributed by atoms with Gasteiger partial charge in [0, 0.05) is 18.3 Å². The van der Waals surface area contributed by atoms with Gasteiger partial charge in [-0.05, 0) is 61.3 Å². The van der Waals surface area contributed by atoms with Crippen LogP contribution in [0.2, 0.25) is 0 Å². The summed E-state index contributed by atoms with van der Waals surface area (Å²) >= 11 is 0. The first-order valence-corrected chi connectivity index (χ1v) is 7.71. The molecule has 106 valence electrons. The van der Waals surface area contributed by atoms with Gasteiger partial charge in [0.15, 0.2) is 0 Å². The molecule has 1 aromatic heterocycles. The van der Waals surface area contributed by atoms with Crippen LogP contribution in [-0.2, 0) is 11.2 Å². The van der Waals surface area contributed by atoms with E-state index in [4.69, 9.17) is 5.11 Å². The van der Waals surface area contributed by atoms with Gasteiger partial charge in [-0.2, -0.15) is 0 Å². The molecule has 4 bridgehead atoms. The van der Waals surface area contributed by atoms with Gasteiger partial charge in [0.2, 0.25) is 0 Å². The van der Waals surface area contributed by atoms with Crippen molar-refractivity contribution < 1.29 is 9.90 Å². The molecule has 0 saturated heterocycles. The molecule has 1 heterocycles. The summed E-state index contributed by atoms with van der Waals surface area (Å²) in [5, 5.41) is 8.79. The number of aromatic nitrogens is 2. The maximum absolute atomic E-state index is 10.7. The molecule has 4 aliphatic rings. The number of carboxylic acid groups (broad SMARTS) is 1. The molecule has 4 heteroatoms. The minimum Gasteiger partial charge on any atom is -0.481 e. The quantitative estimate of drug-likeness (QED) is 0.918. The van der Waals surface area contributed by atoms with E-state index in [-0.39, 0.29) is 6.42 Å². The van der Waals surface area contributed by atoms with Crippen LogP contribution in [0.25, 0.3) is 0 Å². The van der Waals surface area contributed by atoms with Crippen molar-refractivity contribution in [2.45, 2.75) is 44.4 Å². The van der Waals surface area contributed by atoms with Crippen LogP contribution in [0.4, 0.5) is 0 Å². The normalized spacial score (nSPS) is 38.1. The lowest BCUT2D eigenvalue weighted by molar-refractivity contribution is -0.136. The van der Waals surface area contributed by atoms with Crippen molar-refractivity contribution in [3.05, 3.63) is 23.8 Å². The predicted octanol–water partition coefficient (Wildman–Crippen LogP) is 2.64. The summed E-state index contributed by atoms with van der Waals surface area (Å²) < 4.78 is 0. The molecule has 4 saturated carbocycles. The first kappa shape index (κ1) is 12.3. The Morgan fingerprint density at radius 1 is 1.05 bits per heavy atom. The van der Waals surface area contributed by atoms with E-state index in [9.17, 15) is 4.79 Å². The minimum atomic E-state index is -0.823. The van der Waals surface area contributed by atoms with Crippen LogP contribution >= 0.6 is 0 Å². The third-order valence-electron chi connectivity index (χ3n) is 5.61. The van der Waals surface area contributed by atoms with Gasteiger partial charge in [0.1, 0.15) is 5.82 Å². The van der Waals surface area contributed by atoms with Crippen LogP contribution < -0.4 is 0 Å². The Balaban J connectivity index is 1.57. The van der Waals surface area contributed by atoms with Gasteiger partial charge >= 0.3 is 5.97 Å². The first-order chi connectivity index (χ1) is 9.69. The predicted molar refractivity (Wildman–Crippen MR) is 73.2 cm³/mol. The number of hydrogen-bond donors (Lipinski definition) is 1. The van der Waals surface area contributed by atoms with Crippen molar-refractivity contribution in [1.82, 2.24) is 9.97 Å². The molecule has 0 aromatic carbocycles. The minimum absolute atomic E-state index is 0.0158. The number of rotatable bonds is 3. The van der Waals surface area contributed by atoms with E-state index in [1.165, 1.54) is 32.1 Å². The average Bonchev–Trinajstić information content (AvgIpc) is 2.38. The summed E-state index contributed by atoms with van der Waals surface area (Å²) in [6, 6.07) is 0. The molecule has 0 radical (unpaired) electrons. The van der Waals surface area contributed by atoms with Gasteiger partial charge in [-0.1, -0.05) is 0 Å². The first-order valence-electron chi connectivity index (χ1n) is 7.71. The summed E-state index contributed by atoms with van der Waals surface area (Å²) in [5.74, 6) is 4.14. The maximum atomic E-state index is 10.7. The Morgan fingerprint density at radius 3 is 2.10 bits per heavy atom. The van der Waals surface area contributed by atoms with Crippen LogP contribution in [-0.4, -0.2) is 21.0 Å². The van der Waals surface area contributed by atoms with Crippen LogP contribution in [0.15, 0.2) is 12.4 Å². The molecule has 1 N–H and O–H groups in total. The highest BCUT2D eigenvalue weighted by molar-refractivity contribution is 5.69.